The molecule has 0 radical (unpaired) electrons. The Hall–Kier alpha value is -5.21. The lowest BCUT2D eigenvalue weighted by Gasteiger charge is -2.30. The first-order chi connectivity index (χ1) is 20.4. The van der Waals surface area contributed by atoms with Crippen LogP contribution in [-0.2, 0) is 20.8 Å². The second-order valence-corrected chi connectivity index (χ2v) is 9.51. The number of aromatic nitrogens is 1. The molecule has 0 aliphatic carbocycles. The smallest absolute Gasteiger partial charge is 0.308 e. The number of carbonyl (C=O) groups is 3. The van der Waals surface area contributed by atoms with Gasteiger partial charge in [0.15, 0.2) is 29.7 Å². The molecule has 43 heavy (non-hydrogen) atoms. The van der Waals surface area contributed by atoms with Crippen LogP contribution in [0.4, 0.5) is 10.1 Å². The van der Waals surface area contributed by atoms with Gasteiger partial charge in [-0.25, -0.2) is 9.37 Å². The van der Waals surface area contributed by atoms with Crippen LogP contribution in [0.2, 0.25) is 0 Å². The average Bonchev–Trinajstić information content (AvgIpc) is 3.19. The molecule has 0 spiro atoms. The van der Waals surface area contributed by atoms with Gasteiger partial charge in [-0.05, 0) is 26.0 Å². The predicted molar refractivity (Wildman–Crippen MR) is 148 cm³/mol. The number of aliphatic carboxylic acids is 1. The summed E-state index contributed by atoms with van der Waals surface area (Å²) in [6, 6.07) is 5.43. The van der Waals surface area contributed by atoms with Crippen LogP contribution in [0, 0.1) is 15.9 Å². The summed E-state index contributed by atoms with van der Waals surface area (Å²) >= 11 is 0. The second-order valence-electron chi connectivity index (χ2n) is 9.51. The van der Waals surface area contributed by atoms with Gasteiger partial charge in [0, 0.05) is 35.7 Å². The topological polar surface area (TPSA) is 171 Å². The molecule has 3 aromatic rings. The normalized spacial score (nSPS) is 16.4. The monoisotopic (exact) mass is 600 g/mol. The Labute approximate surface area is 244 Å². The van der Waals surface area contributed by atoms with E-state index in [9.17, 15) is 34.0 Å². The fourth-order valence-electron chi connectivity index (χ4n) is 5.09. The minimum atomic E-state index is -1.24. The first-order valence-corrected chi connectivity index (χ1v) is 13.0. The lowest BCUT2D eigenvalue weighted by atomic mass is 10.0. The molecule has 1 aromatic heterocycles. The third kappa shape index (κ3) is 5.78. The molecule has 4 rings (SSSR count). The summed E-state index contributed by atoms with van der Waals surface area (Å²) in [6.45, 7) is 2.78. The first kappa shape index (κ1) is 30.7. The molecule has 1 aliphatic heterocycles. The van der Waals surface area contributed by atoms with Gasteiger partial charge in [0.25, 0.3) is 11.6 Å². The quantitative estimate of drug-likeness (QED) is 0.253. The van der Waals surface area contributed by atoms with Gasteiger partial charge in [0.2, 0.25) is 11.8 Å². The lowest BCUT2D eigenvalue weighted by Crippen LogP contribution is -2.41. The standard InChI is InChI=1S/C28H29FN4O10/c1-6-42-26-18(10-16(33(38)39)11-20(26)40-4)27-31(3)28(37)14(2)32(27)22(34)13-43-21-8-7-15-9-19(29)25(41-5)17(12-23(35)36)24(15)30-21/h7-11,14,27H,6,12-13H2,1-5H3,(H,35,36)/t14-,27+/m0/s1. The van der Waals surface area contributed by atoms with Gasteiger partial charge in [-0.2, -0.15) is 0 Å². The molecule has 0 saturated carbocycles. The first-order valence-electron chi connectivity index (χ1n) is 13.0. The molecule has 2 amide bonds. The van der Waals surface area contributed by atoms with E-state index in [-0.39, 0.29) is 57.5 Å². The number of benzene rings is 2. The highest BCUT2D eigenvalue weighted by Gasteiger charge is 2.47. The van der Waals surface area contributed by atoms with E-state index in [0.29, 0.717) is 0 Å². The number of hydrogen-bond donors (Lipinski definition) is 1. The summed E-state index contributed by atoms with van der Waals surface area (Å²) in [6.07, 6.45) is -1.68. The van der Waals surface area contributed by atoms with Crippen molar-refractivity contribution in [1.82, 2.24) is 14.8 Å². The molecule has 0 bridgehead atoms. The van der Waals surface area contributed by atoms with E-state index in [2.05, 4.69) is 4.98 Å². The number of rotatable bonds is 11. The number of pyridine rings is 1. The number of carbonyl (C=O) groups excluding carboxylic acids is 2. The molecule has 14 nitrogen and oxygen atoms in total. The molecule has 2 heterocycles. The summed E-state index contributed by atoms with van der Waals surface area (Å²) in [7, 11) is 3.98. The number of carboxylic acids is 1. The van der Waals surface area contributed by atoms with Crippen molar-refractivity contribution < 1.29 is 47.8 Å². The third-order valence-electron chi connectivity index (χ3n) is 6.94. The van der Waals surface area contributed by atoms with Gasteiger partial charge in [0.05, 0.1) is 43.8 Å². The number of non-ortho nitro benzene ring substituents is 1. The van der Waals surface area contributed by atoms with Crippen LogP contribution < -0.4 is 18.9 Å². The van der Waals surface area contributed by atoms with Gasteiger partial charge in [-0.1, -0.05) is 0 Å². The Morgan fingerprint density at radius 3 is 2.47 bits per heavy atom. The zero-order valence-electron chi connectivity index (χ0n) is 24.0. The molecule has 1 N–H and O–H groups in total. The van der Waals surface area contributed by atoms with Crippen molar-refractivity contribution in [3.05, 3.63) is 57.4 Å². The van der Waals surface area contributed by atoms with Crippen LogP contribution in [0.1, 0.15) is 31.1 Å². The molecule has 2 atom stereocenters. The summed E-state index contributed by atoms with van der Waals surface area (Å²) in [4.78, 5) is 56.0. The number of methoxy groups -OCH3 is 2. The molecular formula is C28H29FN4O10. The number of nitro benzene ring substituents is 1. The Morgan fingerprint density at radius 2 is 1.86 bits per heavy atom. The average molecular weight is 601 g/mol. The highest BCUT2D eigenvalue weighted by molar-refractivity contribution is 5.92. The number of amides is 2. The van der Waals surface area contributed by atoms with E-state index >= 15 is 0 Å². The molecule has 2 aromatic carbocycles. The maximum atomic E-state index is 14.5. The molecule has 0 unspecified atom stereocenters. The SMILES string of the molecule is CCOc1c(OC)cc([N+](=O)[O-])cc1[C@@H]1N(C)C(=O)[C@H](C)N1C(=O)COc1ccc2cc(F)c(OC)c(CC(=O)O)c2n1. The van der Waals surface area contributed by atoms with E-state index < -0.39 is 53.8 Å². The molecule has 228 valence electrons. The third-order valence-corrected chi connectivity index (χ3v) is 6.94. The predicted octanol–water partition coefficient (Wildman–Crippen LogP) is 3.09. The van der Waals surface area contributed by atoms with Crippen molar-refractivity contribution in [2.45, 2.75) is 32.5 Å². The highest BCUT2D eigenvalue weighted by atomic mass is 19.1. The molecule has 1 fully saturated rings. The van der Waals surface area contributed by atoms with E-state index in [1.54, 1.807) is 6.92 Å². The Kier molecular flexibility index (Phi) is 8.82. The number of carboxylic acid groups (broad SMARTS) is 1. The summed E-state index contributed by atoms with van der Waals surface area (Å²) in [5.74, 6) is -3.24. The summed E-state index contributed by atoms with van der Waals surface area (Å²) < 4.78 is 36.3. The largest absolute Gasteiger partial charge is 0.493 e. The van der Waals surface area contributed by atoms with Gasteiger partial charge in [0.1, 0.15) is 12.2 Å². The van der Waals surface area contributed by atoms with Crippen LogP contribution in [0.25, 0.3) is 10.9 Å². The zero-order valence-corrected chi connectivity index (χ0v) is 24.0. The van der Waals surface area contributed by atoms with E-state index in [1.807, 2.05) is 0 Å². The zero-order chi connectivity index (χ0) is 31.6. The molecular weight excluding hydrogens is 571 g/mol. The number of nitrogens with zero attached hydrogens (tertiary/aromatic N) is 4. The van der Waals surface area contributed by atoms with E-state index in [0.717, 1.165) is 6.07 Å². The van der Waals surface area contributed by atoms with Gasteiger partial charge in [-0.3, -0.25) is 24.5 Å². The van der Waals surface area contributed by atoms with Crippen molar-refractivity contribution >= 4 is 34.4 Å². The maximum Gasteiger partial charge on any atom is 0.308 e. The molecule has 1 saturated heterocycles. The van der Waals surface area contributed by atoms with Crippen LogP contribution in [0.5, 0.6) is 23.1 Å². The van der Waals surface area contributed by atoms with Crippen molar-refractivity contribution in [3.63, 3.8) is 0 Å². The number of fused-ring (bicyclic) bond motifs is 1. The minimum absolute atomic E-state index is 0.00898. The van der Waals surface area contributed by atoms with Crippen LogP contribution >= 0.6 is 0 Å². The Balaban J connectivity index is 1.71. The van der Waals surface area contributed by atoms with Gasteiger partial charge < -0.3 is 33.9 Å². The fourth-order valence-corrected chi connectivity index (χ4v) is 5.09. The Morgan fingerprint density at radius 1 is 1.14 bits per heavy atom. The second kappa shape index (κ2) is 12.3. The van der Waals surface area contributed by atoms with E-state index in [4.69, 9.17) is 18.9 Å². The van der Waals surface area contributed by atoms with Crippen LogP contribution in [0.3, 0.4) is 0 Å². The summed E-state index contributed by atoms with van der Waals surface area (Å²) in [5.41, 5.74) is -0.0651. The number of likely N-dealkylation sites (N-methyl/N-ethyl adjacent to an activating group) is 1. The summed E-state index contributed by atoms with van der Waals surface area (Å²) in [5, 5.41) is 21.3. The number of hydrogen-bond acceptors (Lipinski definition) is 10. The number of ether oxygens (including phenoxy) is 4. The van der Waals surface area contributed by atoms with Crippen LogP contribution in [0.15, 0.2) is 30.3 Å². The minimum Gasteiger partial charge on any atom is -0.493 e. The number of halogens is 1. The molecule has 1 aliphatic rings. The number of nitro groups is 1. The van der Waals surface area contributed by atoms with Gasteiger partial charge in [-0.15, -0.1) is 0 Å². The van der Waals surface area contributed by atoms with Crippen molar-refractivity contribution in [2.24, 2.45) is 0 Å². The maximum absolute atomic E-state index is 14.5. The lowest BCUT2D eigenvalue weighted by molar-refractivity contribution is -0.385. The highest BCUT2D eigenvalue weighted by Crippen LogP contribution is 2.44. The van der Waals surface area contributed by atoms with Crippen molar-refractivity contribution in [1.29, 1.82) is 0 Å². The molecule has 15 heteroatoms. The van der Waals surface area contributed by atoms with Crippen LogP contribution in [-0.4, -0.2) is 83.1 Å². The van der Waals surface area contributed by atoms with E-state index in [1.165, 1.54) is 62.3 Å². The fraction of sp³-hybridized carbons (Fsp3) is 0.357. The van der Waals surface area contributed by atoms with Crippen molar-refractivity contribution in [3.8, 4) is 23.1 Å². The Bertz CT molecular complexity index is 1610. The van der Waals surface area contributed by atoms with Crippen molar-refractivity contribution in [2.75, 3.05) is 34.5 Å². The van der Waals surface area contributed by atoms with Gasteiger partial charge >= 0.3 is 5.97 Å².